The molecule has 1 aromatic heterocycles. The molecule has 1 heterocycles. The van der Waals surface area contributed by atoms with Crippen molar-refractivity contribution < 1.29 is 18.7 Å². The average Bonchev–Trinajstić information content (AvgIpc) is 2.71. The van der Waals surface area contributed by atoms with Gasteiger partial charge < -0.3 is 13.9 Å². The van der Waals surface area contributed by atoms with E-state index in [9.17, 15) is 4.79 Å². The van der Waals surface area contributed by atoms with Gasteiger partial charge in [-0.2, -0.15) is 0 Å². The number of ether oxygens (including phenoxy) is 2. The zero-order valence-corrected chi connectivity index (χ0v) is 14.3. The molecule has 0 aliphatic heterocycles. The standard InChI is InChI=1S/C16H17BrO4/c1-8-9(2)21-10(3)15(8)16(18)11-6-13(19-4)14(20-5)7-12(11)17/h6-7H,1-5H3. The van der Waals surface area contributed by atoms with Crippen molar-refractivity contribution in [1.82, 2.24) is 0 Å². The number of methoxy groups -OCH3 is 2. The molecule has 0 amide bonds. The van der Waals surface area contributed by atoms with Gasteiger partial charge in [0.05, 0.1) is 19.8 Å². The Kier molecular flexibility index (Phi) is 4.42. The molecule has 5 heteroatoms. The van der Waals surface area contributed by atoms with Gasteiger partial charge in [0.1, 0.15) is 11.5 Å². The lowest BCUT2D eigenvalue weighted by atomic mass is 9.99. The van der Waals surface area contributed by atoms with E-state index < -0.39 is 0 Å². The van der Waals surface area contributed by atoms with Crippen LogP contribution in [0.1, 0.15) is 33.0 Å². The number of furan rings is 1. The number of aryl methyl sites for hydroxylation is 2. The first-order valence-corrected chi connectivity index (χ1v) is 7.22. The maximum Gasteiger partial charge on any atom is 0.198 e. The van der Waals surface area contributed by atoms with Crippen molar-refractivity contribution in [3.05, 3.63) is 44.8 Å². The highest BCUT2D eigenvalue weighted by atomic mass is 79.9. The lowest BCUT2D eigenvalue weighted by Crippen LogP contribution is -2.06. The SMILES string of the molecule is COc1cc(Br)c(C(=O)c2c(C)oc(C)c2C)cc1OC. The van der Waals surface area contributed by atoms with Crippen LogP contribution in [0.15, 0.2) is 21.0 Å². The number of hydrogen-bond acceptors (Lipinski definition) is 4. The second-order valence-corrected chi connectivity index (χ2v) is 5.58. The summed E-state index contributed by atoms with van der Waals surface area (Å²) in [5, 5.41) is 0. The summed E-state index contributed by atoms with van der Waals surface area (Å²) in [5.41, 5.74) is 1.97. The summed E-state index contributed by atoms with van der Waals surface area (Å²) in [7, 11) is 3.10. The van der Waals surface area contributed by atoms with Gasteiger partial charge in [-0.25, -0.2) is 0 Å². The zero-order chi connectivity index (χ0) is 15.7. The molecule has 0 bridgehead atoms. The molecule has 0 atom stereocenters. The Hall–Kier alpha value is -1.75. The topological polar surface area (TPSA) is 48.7 Å². The minimum atomic E-state index is -0.102. The lowest BCUT2D eigenvalue weighted by Gasteiger charge is -2.11. The van der Waals surface area contributed by atoms with E-state index in [0.717, 1.165) is 11.3 Å². The van der Waals surface area contributed by atoms with Gasteiger partial charge >= 0.3 is 0 Å². The van der Waals surface area contributed by atoms with Gasteiger partial charge in [-0.3, -0.25) is 4.79 Å². The summed E-state index contributed by atoms with van der Waals surface area (Å²) >= 11 is 3.42. The van der Waals surface area contributed by atoms with Crippen LogP contribution in [0.25, 0.3) is 0 Å². The minimum absolute atomic E-state index is 0.102. The summed E-state index contributed by atoms with van der Waals surface area (Å²) in [6.45, 7) is 5.53. The number of hydrogen-bond donors (Lipinski definition) is 0. The van der Waals surface area contributed by atoms with Crippen LogP contribution in [0, 0.1) is 20.8 Å². The molecule has 0 saturated heterocycles. The van der Waals surface area contributed by atoms with Crippen LogP contribution in [0.4, 0.5) is 0 Å². The Bertz CT molecular complexity index is 701. The van der Waals surface area contributed by atoms with E-state index in [0.29, 0.717) is 32.9 Å². The molecule has 0 aliphatic rings. The van der Waals surface area contributed by atoms with E-state index in [2.05, 4.69) is 15.9 Å². The second kappa shape index (κ2) is 5.93. The molecular weight excluding hydrogens is 336 g/mol. The van der Waals surface area contributed by atoms with Gasteiger partial charge in [-0.15, -0.1) is 0 Å². The molecule has 0 radical (unpaired) electrons. The fraction of sp³-hybridized carbons (Fsp3) is 0.312. The first-order valence-electron chi connectivity index (χ1n) is 6.43. The van der Waals surface area contributed by atoms with E-state index in [1.54, 1.807) is 33.3 Å². The van der Waals surface area contributed by atoms with Crippen molar-refractivity contribution >= 4 is 21.7 Å². The van der Waals surface area contributed by atoms with Gasteiger partial charge in [-0.05, 0) is 48.8 Å². The molecule has 0 fully saturated rings. The minimum Gasteiger partial charge on any atom is -0.493 e. The summed E-state index contributed by atoms with van der Waals surface area (Å²) in [4.78, 5) is 12.8. The molecule has 0 saturated carbocycles. The number of rotatable bonds is 4. The van der Waals surface area contributed by atoms with Crippen LogP contribution < -0.4 is 9.47 Å². The molecule has 0 N–H and O–H groups in total. The quantitative estimate of drug-likeness (QED) is 0.773. The highest BCUT2D eigenvalue weighted by molar-refractivity contribution is 9.10. The predicted molar refractivity (Wildman–Crippen MR) is 83.6 cm³/mol. The first kappa shape index (κ1) is 15.6. The Morgan fingerprint density at radius 1 is 1.05 bits per heavy atom. The van der Waals surface area contributed by atoms with Gasteiger partial charge in [0.2, 0.25) is 0 Å². The molecule has 112 valence electrons. The molecule has 2 rings (SSSR count). The first-order chi connectivity index (χ1) is 9.90. The molecular formula is C16H17BrO4. The smallest absolute Gasteiger partial charge is 0.198 e. The van der Waals surface area contributed by atoms with Crippen LogP contribution in [0.5, 0.6) is 11.5 Å². The average molecular weight is 353 g/mol. The van der Waals surface area contributed by atoms with Crippen molar-refractivity contribution in [3.8, 4) is 11.5 Å². The summed E-state index contributed by atoms with van der Waals surface area (Å²) in [5.74, 6) is 2.36. The number of ketones is 1. The van der Waals surface area contributed by atoms with Crippen molar-refractivity contribution in [3.63, 3.8) is 0 Å². The molecule has 1 aromatic carbocycles. The molecule has 0 unspecified atom stereocenters. The van der Waals surface area contributed by atoms with E-state index in [-0.39, 0.29) is 5.78 Å². The third-order valence-corrected chi connectivity index (χ3v) is 4.16. The van der Waals surface area contributed by atoms with Crippen molar-refractivity contribution in [1.29, 1.82) is 0 Å². The second-order valence-electron chi connectivity index (χ2n) is 4.73. The van der Waals surface area contributed by atoms with Crippen LogP contribution in [0.3, 0.4) is 0 Å². The Morgan fingerprint density at radius 3 is 2.10 bits per heavy atom. The summed E-state index contributed by atoms with van der Waals surface area (Å²) in [6, 6.07) is 3.40. The largest absolute Gasteiger partial charge is 0.493 e. The third-order valence-electron chi connectivity index (χ3n) is 3.51. The van der Waals surface area contributed by atoms with Crippen LogP contribution in [-0.2, 0) is 0 Å². The number of carbonyl (C=O) groups is 1. The lowest BCUT2D eigenvalue weighted by molar-refractivity contribution is 0.103. The van der Waals surface area contributed by atoms with E-state index >= 15 is 0 Å². The Morgan fingerprint density at radius 2 is 1.62 bits per heavy atom. The van der Waals surface area contributed by atoms with Crippen molar-refractivity contribution in [2.75, 3.05) is 14.2 Å². The maximum atomic E-state index is 12.8. The monoisotopic (exact) mass is 352 g/mol. The normalized spacial score (nSPS) is 10.6. The molecule has 4 nitrogen and oxygen atoms in total. The Balaban J connectivity index is 2.58. The van der Waals surface area contributed by atoms with Crippen LogP contribution in [-0.4, -0.2) is 20.0 Å². The molecule has 21 heavy (non-hydrogen) atoms. The van der Waals surface area contributed by atoms with Gasteiger partial charge in [0.15, 0.2) is 17.3 Å². The number of halogens is 1. The van der Waals surface area contributed by atoms with Crippen molar-refractivity contribution in [2.45, 2.75) is 20.8 Å². The van der Waals surface area contributed by atoms with Crippen LogP contribution >= 0.6 is 15.9 Å². The number of carbonyl (C=O) groups excluding carboxylic acids is 1. The fourth-order valence-electron chi connectivity index (χ4n) is 2.29. The molecule has 0 spiro atoms. The van der Waals surface area contributed by atoms with Gasteiger partial charge in [0, 0.05) is 15.6 Å². The summed E-state index contributed by atoms with van der Waals surface area (Å²) in [6.07, 6.45) is 0. The number of benzene rings is 1. The fourth-order valence-corrected chi connectivity index (χ4v) is 2.79. The van der Waals surface area contributed by atoms with E-state index in [1.807, 2.05) is 13.8 Å². The molecule has 2 aromatic rings. The highest BCUT2D eigenvalue weighted by Gasteiger charge is 2.23. The molecule has 0 aliphatic carbocycles. The van der Waals surface area contributed by atoms with Gasteiger partial charge in [-0.1, -0.05) is 0 Å². The Labute approximate surface area is 132 Å². The highest BCUT2D eigenvalue weighted by Crippen LogP contribution is 2.35. The van der Waals surface area contributed by atoms with E-state index in [1.165, 1.54) is 0 Å². The zero-order valence-electron chi connectivity index (χ0n) is 12.7. The van der Waals surface area contributed by atoms with E-state index in [4.69, 9.17) is 13.9 Å². The third kappa shape index (κ3) is 2.70. The van der Waals surface area contributed by atoms with Crippen LogP contribution in [0.2, 0.25) is 0 Å². The summed E-state index contributed by atoms with van der Waals surface area (Å²) < 4.78 is 16.7. The maximum absolute atomic E-state index is 12.8. The van der Waals surface area contributed by atoms with Crippen molar-refractivity contribution in [2.24, 2.45) is 0 Å². The van der Waals surface area contributed by atoms with Gasteiger partial charge in [0.25, 0.3) is 0 Å². The predicted octanol–water partition coefficient (Wildman–Crippen LogP) is 4.22.